The smallest absolute Gasteiger partial charge is 0.0874 e. The molecule has 98 valence electrons. The second kappa shape index (κ2) is 36.0. The summed E-state index contributed by atoms with van der Waals surface area (Å²) in [4.78, 5) is 0. The Morgan fingerprint density at radius 3 is 1.31 bits per heavy atom. The summed E-state index contributed by atoms with van der Waals surface area (Å²) in [5, 5.41) is 0. The fraction of sp³-hybridized carbons (Fsp3) is 1.00. The molecule has 0 aliphatic carbocycles. The molecule has 1 unspecified atom stereocenters. The van der Waals surface area contributed by atoms with E-state index in [9.17, 15) is 0 Å². The van der Waals surface area contributed by atoms with Crippen LogP contribution >= 0.6 is 0 Å². The molecule has 0 bridgehead atoms. The number of hydrogen-bond acceptors (Lipinski definition) is 4. The van der Waals surface area contributed by atoms with Crippen LogP contribution in [0, 0.1) is 0 Å². The van der Waals surface area contributed by atoms with Gasteiger partial charge < -0.3 is 37.9 Å². The van der Waals surface area contributed by atoms with Crippen molar-refractivity contribution >= 4 is 60.4 Å². The first-order chi connectivity index (χ1) is 7.51. The van der Waals surface area contributed by atoms with Crippen molar-refractivity contribution in [3.63, 3.8) is 0 Å². The fourth-order valence-corrected chi connectivity index (χ4v) is 1.01. The quantitative estimate of drug-likeness (QED) is 0.593. The summed E-state index contributed by atoms with van der Waals surface area (Å²) in [5.41, 5.74) is 5.49. The topological polar surface area (TPSA) is 26.0 Å². The molecule has 0 aliphatic rings. The molecule has 5 heteroatoms. The second-order valence-corrected chi connectivity index (χ2v) is 5.89. The third-order valence-electron chi connectivity index (χ3n) is 0.836. The van der Waals surface area contributed by atoms with Gasteiger partial charge in [0.1, 0.15) is 0 Å². The predicted molar refractivity (Wildman–Crippen MR) is 87.2 cm³/mol. The monoisotopic (exact) mass is 389 g/mol. The largest absolute Gasteiger partial charge is 0.793 e. The van der Waals surface area contributed by atoms with Crippen molar-refractivity contribution in [2.75, 3.05) is 17.3 Å². The van der Waals surface area contributed by atoms with Crippen LogP contribution in [0.3, 0.4) is 0 Å². The first-order valence-corrected chi connectivity index (χ1v) is 9.41. The van der Waals surface area contributed by atoms with Gasteiger partial charge in [0.15, 0.2) is 0 Å². The molecule has 0 heterocycles. The molecule has 0 saturated heterocycles. The van der Waals surface area contributed by atoms with E-state index in [2.05, 4.69) is 44.8 Å². The third-order valence-corrected chi connectivity index (χ3v) is 1.85. The minimum atomic E-state index is 0.417. The summed E-state index contributed by atoms with van der Waals surface area (Å²) in [6, 6.07) is 0.417. The Morgan fingerprint density at radius 1 is 1.00 bits per heavy atom. The van der Waals surface area contributed by atoms with Crippen molar-refractivity contribution in [1.82, 2.24) is 0 Å². The average molecular weight is 388 g/mol. The van der Waals surface area contributed by atoms with Crippen LogP contribution in [0.4, 0.5) is 0 Å². The molecule has 0 aliphatic heterocycles. The molecule has 1 atom stereocenters. The van der Waals surface area contributed by atoms with E-state index in [-0.39, 0.29) is 0 Å². The minimum absolute atomic E-state index is 0.417. The van der Waals surface area contributed by atoms with Gasteiger partial charge in [0.2, 0.25) is 0 Å². The summed E-state index contributed by atoms with van der Waals surface area (Å²) in [6.07, 6.45) is 2.52. The van der Waals surface area contributed by atoms with Gasteiger partial charge in [0.25, 0.3) is 0 Å². The molecule has 2 N–H and O–H groups in total. The molecular weight excluding hydrogens is 361 g/mol. The number of hydrogen-bond donors (Lipinski definition) is 1. The minimum Gasteiger partial charge on any atom is -0.793 e. The second-order valence-electron chi connectivity index (χ2n) is 2.74. The van der Waals surface area contributed by atoms with Crippen molar-refractivity contribution in [1.29, 1.82) is 0 Å². The van der Waals surface area contributed by atoms with E-state index in [0.717, 1.165) is 17.3 Å². The predicted octanol–water partition coefficient (Wildman–Crippen LogP) is 2.36. The van der Waals surface area contributed by atoms with Crippen LogP contribution < -0.4 is 5.73 Å². The Kier molecular flexibility index (Phi) is 59.3. The number of nitrogens with two attached hydrogens (primary N) is 1. The Hall–Kier alpha value is 1.81. The van der Waals surface area contributed by atoms with Gasteiger partial charge in [-0.2, -0.15) is 17.3 Å². The van der Waals surface area contributed by atoms with E-state index in [1.54, 1.807) is 22.5 Å². The van der Waals surface area contributed by atoms with Crippen LogP contribution in [-0.4, -0.2) is 45.8 Å². The van der Waals surface area contributed by atoms with Crippen LogP contribution in [0.2, 0.25) is 4.44 Å². The molecule has 0 spiro atoms. The van der Waals surface area contributed by atoms with Crippen molar-refractivity contribution in [2.24, 2.45) is 5.73 Å². The van der Waals surface area contributed by atoms with Gasteiger partial charge in [-0.3, -0.25) is 0 Å². The molecule has 0 aromatic carbocycles. The Morgan fingerprint density at radius 2 is 1.25 bits per heavy atom. The van der Waals surface area contributed by atoms with Crippen LogP contribution in [0.5, 0.6) is 0 Å². The van der Waals surface area contributed by atoms with Crippen molar-refractivity contribution in [3.8, 4) is 0 Å². The van der Waals surface area contributed by atoms with Gasteiger partial charge in [-0.05, 0) is 0 Å². The fourth-order valence-electron chi connectivity index (χ4n) is 0.424. The summed E-state index contributed by atoms with van der Waals surface area (Å²) in [5.74, 6) is 2.50. The van der Waals surface area contributed by atoms with Crippen LogP contribution in [0.25, 0.3) is 0 Å². The maximum Gasteiger partial charge on any atom is -0.0874 e. The average Bonchev–Trinajstić information content (AvgIpc) is 2.18. The molecular formula is C11H27NS3Sn. The maximum absolute atomic E-state index is 5.49. The summed E-state index contributed by atoms with van der Waals surface area (Å²) in [6.45, 7) is 7.88. The molecule has 0 radical (unpaired) electrons. The standard InChI is InChI=1S/C5H12N.3C2H6S.Sn/c1-3-4-5(2)6;3*1-2-3;/h5H,1,3-4,6H2,2H3;3*3H,2H2,1H3;/q;;;;+3/p-3. The molecule has 16 heavy (non-hydrogen) atoms. The summed E-state index contributed by atoms with van der Waals surface area (Å²) < 4.78 is 1.36. The van der Waals surface area contributed by atoms with E-state index in [1.165, 1.54) is 17.3 Å². The van der Waals surface area contributed by atoms with Gasteiger partial charge in [-0.25, -0.2) is 0 Å². The SMILES string of the molecule is CC(N)CC[CH2][Sn+3].CC[S-].CC[S-].CC[S-]. The van der Waals surface area contributed by atoms with E-state index < -0.39 is 0 Å². The van der Waals surface area contributed by atoms with Gasteiger partial charge >= 0.3 is 58.5 Å². The summed E-state index contributed by atoms with van der Waals surface area (Å²) in [7, 11) is 0. The van der Waals surface area contributed by atoms with Crippen LogP contribution in [0.15, 0.2) is 0 Å². The normalized spacial score (nSPS) is 9.62. The van der Waals surface area contributed by atoms with Crippen molar-refractivity contribution < 1.29 is 0 Å². The molecule has 1 nitrogen and oxygen atoms in total. The summed E-state index contributed by atoms with van der Waals surface area (Å²) >= 11 is 14.8. The van der Waals surface area contributed by atoms with Gasteiger partial charge in [-0.1, -0.05) is 20.8 Å². The van der Waals surface area contributed by atoms with E-state index >= 15 is 0 Å². The zero-order valence-corrected chi connectivity index (χ0v) is 16.4. The Labute approximate surface area is 133 Å². The third kappa shape index (κ3) is 103. The molecule has 0 fully saturated rings. The van der Waals surface area contributed by atoms with E-state index in [4.69, 9.17) is 5.73 Å². The molecule has 0 aromatic rings. The molecule has 0 rings (SSSR count). The first kappa shape index (κ1) is 26.4. The Bertz CT molecular complexity index is 71.5. The zero-order chi connectivity index (χ0) is 13.8. The number of rotatable bonds is 3. The van der Waals surface area contributed by atoms with Crippen molar-refractivity contribution in [3.05, 3.63) is 0 Å². The first-order valence-electron chi connectivity index (χ1n) is 5.66. The maximum atomic E-state index is 5.49. The van der Waals surface area contributed by atoms with Gasteiger partial charge in [0.05, 0.1) is 0 Å². The zero-order valence-electron chi connectivity index (χ0n) is 11.1. The molecule has 0 amide bonds. The van der Waals surface area contributed by atoms with Crippen LogP contribution in [0.1, 0.15) is 40.5 Å². The Balaban J connectivity index is -0.0000000677. The van der Waals surface area contributed by atoms with E-state index in [1.807, 2.05) is 20.8 Å². The molecule has 0 saturated carbocycles. The van der Waals surface area contributed by atoms with E-state index in [0.29, 0.717) is 6.04 Å². The van der Waals surface area contributed by atoms with Gasteiger partial charge in [-0.15, -0.1) is 0 Å². The van der Waals surface area contributed by atoms with Gasteiger partial charge in [0, 0.05) is 0 Å². The van der Waals surface area contributed by atoms with Crippen molar-refractivity contribution in [2.45, 2.75) is 51.0 Å². The van der Waals surface area contributed by atoms with Crippen LogP contribution in [-0.2, 0) is 37.9 Å². The molecule has 0 aromatic heterocycles.